The molecule has 0 spiro atoms. The number of halogens is 2. The summed E-state index contributed by atoms with van der Waals surface area (Å²) in [6.07, 6.45) is 1.72. The Balaban J connectivity index is 2.03. The highest BCUT2D eigenvalue weighted by Gasteiger charge is 2.16. The Hall–Kier alpha value is -2.32. The lowest BCUT2D eigenvalue weighted by Gasteiger charge is -2.04. The molecule has 3 rings (SSSR count). The van der Waals surface area contributed by atoms with E-state index in [1.54, 1.807) is 30.3 Å². The number of hydrogen-bond acceptors (Lipinski definition) is 3. The van der Waals surface area contributed by atoms with E-state index in [0.717, 1.165) is 10.0 Å². The van der Waals surface area contributed by atoms with Crippen molar-refractivity contribution in [1.29, 1.82) is 5.26 Å². The zero-order valence-electron chi connectivity index (χ0n) is 10.8. The van der Waals surface area contributed by atoms with Crippen LogP contribution >= 0.6 is 15.9 Å². The molecule has 0 fully saturated rings. The van der Waals surface area contributed by atoms with Crippen LogP contribution in [-0.4, -0.2) is 6.79 Å². The molecule has 2 aromatic rings. The predicted molar refractivity (Wildman–Crippen MR) is 80.1 cm³/mol. The maximum Gasteiger partial charge on any atom is 0.231 e. The topological polar surface area (TPSA) is 42.2 Å². The van der Waals surface area contributed by atoms with Crippen LogP contribution in [0.3, 0.4) is 0 Å². The van der Waals surface area contributed by atoms with Gasteiger partial charge < -0.3 is 9.47 Å². The molecule has 3 nitrogen and oxygen atoms in total. The molecule has 0 saturated carbocycles. The lowest BCUT2D eigenvalue weighted by atomic mass is 10.0. The number of benzene rings is 2. The van der Waals surface area contributed by atoms with E-state index in [4.69, 9.17) is 9.47 Å². The van der Waals surface area contributed by atoms with Gasteiger partial charge in [0.25, 0.3) is 0 Å². The summed E-state index contributed by atoms with van der Waals surface area (Å²) in [6.45, 7) is 0.192. The first-order valence-electron chi connectivity index (χ1n) is 6.14. The Labute approximate surface area is 129 Å². The van der Waals surface area contributed by atoms with Crippen LogP contribution < -0.4 is 9.47 Å². The summed E-state index contributed by atoms with van der Waals surface area (Å²) < 4.78 is 24.4. The van der Waals surface area contributed by atoms with Gasteiger partial charge in [0, 0.05) is 4.47 Å². The molecule has 0 aliphatic carbocycles. The van der Waals surface area contributed by atoms with Crippen molar-refractivity contribution >= 4 is 27.6 Å². The van der Waals surface area contributed by atoms with Crippen LogP contribution in [0, 0.1) is 17.1 Å². The summed E-state index contributed by atoms with van der Waals surface area (Å²) in [5.74, 6) is 0.973. The van der Waals surface area contributed by atoms with E-state index < -0.39 is 0 Å². The van der Waals surface area contributed by atoms with Crippen LogP contribution in [-0.2, 0) is 0 Å². The van der Waals surface area contributed by atoms with Crippen LogP contribution in [0.4, 0.5) is 4.39 Å². The monoisotopic (exact) mass is 345 g/mol. The summed E-state index contributed by atoms with van der Waals surface area (Å²) in [6, 6.07) is 11.5. The number of nitrogens with zero attached hydrogens (tertiary/aromatic N) is 1. The molecule has 0 atom stereocenters. The lowest BCUT2D eigenvalue weighted by Crippen LogP contribution is -1.92. The highest BCUT2D eigenvalue weighted by molar-refractivity contribution is 9.10. The van der Waals surface area contributed by atoms with Crippen molar-refractivity contribution in [1.82, 2.24) is 0 Å². The van der Waals surface area contributed by atoms with Crippen molar-refractivity contribution in [3.05, 3.63) is 57.8 Å². The van der Waals surface area contributed by atoms with Gasteiger partial charge in [0.1, 0.15) is 5.82 Å². The Morgan fingerprint density at radius 2 is 1.86 bits per heavy atom. The second kappa shape index (κ2) is 5.58. The van der Waals surface area contributed by atoms with E-state index in [9.17, 15) is 9.65 Å². The van der Waals surface area contributed by atoms with Gasteiger partial charge in [-0.15, -0.1) is 0 Å². The van der Waals surface area contributed by atoms with Crippen LogP contribution in [0.2, 0.25) is 0 Å². The molecule has 0 N–H and O–H groups in total. The third-order valence-corrected chi connectivity index (χ3v) is 3.75. The standard InChI is InChI=1S/C16H9BrFNO2/c17-14-7-16-15(20-9-21-16)6-11(14)5-12(8-19)10-1-3-13(18)4-2-10/h1-7H,9H2/b12-5+. The number of rotatable bonds is 2. The minimum Gasteiger partial charge on any atom is -0.454 e. The molecule has 0 amide bonds. The van der Waals surface area contributed by atoms with Crippen molar-refractivity contribution in [3.63, 3.8) is 0 Å². The van der Waals surface area contributed by atoms with Crippen LogP contribution in [0.5, 0.6) is 11.5 Å². The van der Waals surface area contributed by atoms with Crippen molar-refractivity contribution in [2.75, 3.05) is 6.79 Å². The molecule has 0 saturated heterocycles. The fraction of sp³-hybridized carbons (Fsp3) is 0.0625. The van der Waals surface area contributed by atoms with E-state index >= 15 is 0 Å². The van der Waals surface area contributed by atoms with Crippen molar-refractivity contribution < 1.29 is 13.9 Å². The minimum atomic E-state index is -0.333. The lowest BCUT2D eigenvalue weighted by molar-refractivity contribution is 0.174. The van der Waals surface area contributed by atoms with Crippen molar-refractivity contribution in [2.45, 2.75) is 0 Å². The molecular formula is C16H9BrFNO2. The van der Waals surface area contributed by atoms with Crippen molar-refractivity contribution in [3.8, 4) is 17.6 Å². The van der Waals surface area contributed by atoms with Crippen LogP contribution in [0.25, 0.3) is 11.6 Å². The zero-order chi connectivity index (χ0) is 14.8. The number of hydrogen-bond donors (Lipinski definition) is 0. The second-order valence-corrected chi connectivity index (χ2v) is 5.26. The fourth-order valence-corrected chi connectivity index (χ4v) is 2.45. The summed E-state index contributed by atoms with van der Waals surface area (Å²) in [4.78, 5) is 0. The van der Waals surface area contributed by atoms with Gasteiger partial charge in [0.05, 0.1) is 11.6 Å². The molecule has 2 aromatic carbocycles. The Bertz CT molecular complexity index is 763. The third-order valence-electron chi connectivity index (χ3n) is 3.07. The van der Waals surface area contributed by atoms with Gasteiger partial charge in [-0.2, -0.15) is 5.26 Å². The molecule has 104 valence electrons. The van der Waals surface area contributed by atoms with Crippen molar-refractivity contribution in [2.24, 2.45) is 0 Å². The van der Waals surface area contributed by atoms with Gasteiger partial charge >= 0.3 is 0 Å². The first-order valence-corrected chi connectivity index (χ1v) is 6.93. The zero-order valence-corrected chi connectivity index (χ0v) is 12.4. The predicted octanol–water partition coefficient (Wildman–Crippen LogP) is 4.38. The number of allylic oxidation sites excluding steroid dienone is 1. The molecule has 0 bridgehead atoms. The molecule has 1 aliphatic rings. The van der Waals surface area contributed by atoms with Crippen LogP contribution in [0.1, 0.15) is 11.1 Å². The van der Waals surface area contributed by atoms with E-state index in [1.807, 2.05) is 0 Å². The molecule has 0 unspecified atom stereocenters. The quantitative estimate of drug-likeness (QED) is 0.599. The summed E-state index contributed by atoms with van der Waals surface area (Å²) in [5, 5.41) is 9.31. The fourth-order valence-electron chi connectivity index (χ4n) is 2.01. The molecule has 1 aliphatic heterocycles. The second-order valence-electron chi connectivity index (χ2n) is 4.40. The third kappa shape index (κ3) is 2.76. The smallest absolute Gasteiger partial charge is 0.231 e. The minimum absolute atomic E-state index is 0.192. The largest absolute Gasteiger partial charge is 0.454 e. The van der Waals surface area contributed by atoms with E-state index in [0.29, 0.717) is 22.6 Å². The first kappa shape index (κ1) is 13.7. The Morgan fingerprint density at radius 1 is 1.19 bits per heavy atom. The van der Waals surface area contributed by atoms with Gasteiger partial charge in [-0.3, -0.25) is 0 Å². The summed E-state index contributed by atoms with van der Waals surface area (Å²) in [7, 11) is 0. The Kier molecular flexibility index (Phi) is 3.63. The van der Waals surface area contributed by atoms with E-state index in [1.165, 1.54) is 12.1 Å². The highest BCUT2D eigenvalue weighted by atomic mass is 79.9. The molecular weight excluding hydrogens is 337 g/mol. The normalized spacial score (nSPS) is 13.1. The average Bonchev–Trinajstić information content (AvgIpc) is 2.93. The number of nitriles is 1. The molecule has 5 heteroatoms. The average molecular weight is 346 g/mol. The first-order chi connectivity index (χ1) is 10.2. The molecule has 0 radical (unpaired) electrons. The highest BCUT2D eigenvalue weighted by Crippen LogP contribution is 2.38. The van der Waals surface area contributed by atoms with Gasteiger partial charge in [-0.25, -0.2) is 4.39 Å². The summed E-state index contributed by atoms with van der Waals surface area (Å²) in [5.41, 5.74) is 1.89. The number of fused-ring (bicyclic) bond motifs is 1. The molecule has 0 aromatic heterocycles. The number of ether oxygens (including phenoxy) is 2. The maximum absolute atomic E-state index is 13.0. The SMILES string of the molecule is N#C/C(=C\c1cc2c(cc1Br)OCO2)c1ccc(F)cc1. The Morgan fingerprint density at radius 3 is 2.52 bits per heavy atom. The van der Waals surface area contributed by atoms with Gasteiger partial charge in [-0.1, -0.05) is 28.1 Å². The van der Waals surface area contributed by atoms with E-state index in [-0.39, 0.29) is 12.6 Å². The van der Waals surface area contributed by atoms with E-state index in [2.05, 4.69) is 22.0 Å². The maximum atomic E-state index is 13.0. The van der Waals surface area contributed by atoms with Gasteiger partial charge in [0.2, 0.25) is 6.79 Å². The molecule has 21 heavy (non-hydrogen) atoms. The van der Waals surface area contributed by atoms with Gasteiger partial charge in [-0.05, 0) is 41.5 Å². The van der Waals surface area contributed by atoms with Gasteiger partial charge in [0.15, 0.2) is 11.5 Å². The summed E-state index contributed by atoms with van der Waals surface area (Å²) >= 11 is 3.44. The molecule has 1 heterocycles. The van der Waals surface area contributed by atoms with Crippen LogP contribution in [0.15, 0.2) is 40.9 Å².